The first-order valence-electron chi connectivity index (χ1n) is 10.4. The largest absolute Gasteiger partial charge is 0.480 e. The Kier molecular flexibility index (Phi) is 5.40. The van der Waals surface area contributed by atoms with Gasteiger partial charge in [0.2, 0.25) is 0 Å². The Bertz CT molecular complexity index is 758. The van der Waals surface area contributed by atoms with Gasteiger partial charge in [0.1, 0.15) is 0 Å². The molecule has 0 aromatic heterocycles. The topological polar surface area (TPSA) is 72.9 Å². The van der Waals surface area contributed by atoms with Crippen LogP contribution >= 0.6 is 0 Å². The maximum Gasteiger partial charge on any atom is 0.318 e. The van der Waals surface area contributed by atoms with Crippen LogP contribution in [0.1, 0.15) is 44.6 Å². The van der Waals surface area contributed by atoms with Crippen molar-refractivity contribution in [3.63, 3.8) is 0 Å². The second-order valence-corrected chi connectivity index (χ2v) is 8.20. The van der Waals surface area contributed by atoms with E-state index in [4.69, 9.17) is 5.11 Å². The van der Waals surface area contributed by atoms with E-state index in [2.05, 4.69) is 35.7 Å². The van der Waals surface area contributed by atoms with Gasteiger partial charge in [-0.25, -0.2) is 4.79 Å². The van der Waals surface area contributed by atoms with E-state index >= 15 is 0 Å². The Morgan fingerprint density at radius 1 is 1.21 bits per heavy atom. The summed E-state index contributed by atoms with van der Waals surface area (Å²) >= 11 is 0. The number of carbonyl (C=O) groups excluding carboxylic acids is 1. The molecular weight excluding hydrogens is 354 g/mol. The number of carbonyl (C=O) groups is 2. The molecule has 3 aliphatic rings. The number of carboxylic acids is 1. The fourth-order valence-corrected chi connectivity index (χ4v) is 4.94. The molecule has 0 radical (unpaired) electrons. The number of urea groups is 1. The van der Waals surface area contributed by atoms with Crippen molar-refractivity contribution in [2.75, 3.05) is 13.1 Å². The van der Waals surface area contributed by atoms with Crippen molar-refractivity contribution in [1.29, 1.82) is 0 Å². The van der Waals surface area contributed by atoms with Gasteiger partial charge in [-0.1, -0.05) is 43.3 Å². The summed E-state index contributed by atoms with van der Waals surface area (Å²) in [5.74, 6) is -0.791. The van der Waals surface area contributed by atoms with Gasteiger partial charge in [0.25, 0.3) is 0 Å². The number of carboxylic acid groups (broad SMARTS) is 1. The highest BCUT2D eigenvalue weighted by molar-refractivity contribution is 5.79. The van der Waals surface area contributed by atoms with Gasteiger partial charge in [-0.2, -0.15) is 0 Å². The molecule has 1 saturated carbocycles. The van der Waals surface area contributed by atoms with Crippen molar-refractivity contribution in [3.05, 3.63) is 42.0 Å². The summed E-state index contributed by atoms with van der Waals surface area (Å²) in [6.45, 7) is 2.78. The summed E-state index contributed by atoms with van der Waals surface area (Å²) in [6, 6.07) is 11.4. The molecule has 2 fully saturated rings. The average Bonchev–Trinajstić information content (AvgIpc) is 2.93. The molecule has 1 aliphatic carbocycles. The highest BCUT2D eigenvalue weighted by Gasteiger charge is 2.42. The summed E-state index contributed by atoms with van der Waals surface area (Å²) in [6.07, 6.45) is 6.95. The fraction of sp³-hybridized carbons (Fsp3) is 0.545. The second kappa shape index (κ2) is 7.95. The van der Waals surface area contributed by atoms with Crippen LogP contribution < -0.4 is 5.32 Å². The summed E-state index contributed by atoms with van der Waals surface area (Å²) in [7, 11) is 0. The first-order valence-corrected chi connectivity index (χ1v) is 10.4. The summed E-state index contributed by atoms with van der Waals surface area (Å²) in [5.41, 5.74) is 2.62. The number of fused-ring (bicyclic) bond motifs is 2. The normalized spacial score (nSPS) is 28.6. The zero-order valence-corrected chi connectivity index (χ0v) is 16.4. The lowest BCUT2D eigenvalue weighted by Gasteiger charge is -2.43. The van der Waals surface area contributed by atoms with Crippen LogP contribution in [0, 0.1) is 0 Å². The number of likely N-dealkylation sites (N-methyl/N-ethyl adjacent to an activating group) is 1. The van der Waals surface area contributed by atoms with Crippen molar-refractivity contribution >= 4 is 17.6 Å². The fourth-order valence-electron chi connectivity index (χ4n) is 4.94. The molecule has 6 nitrogen and oxygen atoms in total. The van der Waals surface area contributed by atoms with E-state index < -0.39 is 5.97 Å². The number of benzene rings is 1. The number of nitrogens with zero attached hydrogens (tertiary/aromatic N) is 2. The Hall–Kier alpha value is -2.34. The quantitative estimate of drug-likeness (QED) is 0.792. The second-order valence-electron chi connectivity index (χ2n) is 8.20. The minimum absolute atomic E-state index is 0.0422. The van der Waals surface area contributed by atoms with Crippen molar-refractivity contribution in [1.82, 2.24) is 15.1 Å². The number of rotatable bonds is 6. The van der Waals surface area contributed by atoms with Gasteiger partial charge in [-0.15, -0.1) is 0 Å². The molecule has 1 aromatic rings. The van der Waals surface area contributed by atoms with Crippen LogP contribution in [0.25, 0.3) is 5.57 Å². The van der Waals surface area contributed by atoms with Crippen LogP contribution in [0.3, 0.4) is 0 Å². The predicted octanol–water partition coefficient (Wildman–Crippen LogP) is 2.95. The number of hydrogen-bond acceptors (Lipinski definition) is 3. The van der Waals surface area contributed by atoms with Crippen LogP contribution in [0.15, 0.2) is 36.4 Å². The first kappa shape index (κ1) is 19.0. The molecule has 0 spiro atoms. The van der Waals surface area contributed by atoms with Gasteiger partial charge in [-0.3, -0.25) is 9.69 Å². The molecular formula is C22H29N3O3. The maximum absolute atomic E-state index is 12.9. The third-order valence-electron chi connectivity index (χ3n) is 6.48. The Balaban J connectivity index is 1.33. The molecule has 1 aromatic carbocycles. The van der Waals surface area contributed by atoms with Crippen LogP contribution in [-0.2, 0) is 4.79 Å². The molecule has 6 heteroatoms. The summed E-state index contributed by atoms with van der Waals surface area (Å²) in [5, 5.41) is 12.2. The third-order valence-corrected chi connectivity index (χ3v) is 6.48. The van der Waals surface area contributed by atoms with Crippen LogP contribution in [0.2, 0.25) is 0 Å². The average molecular weight is 383 g/mol. The molecule has 2 bridgehead atoms. The summed E-state index contributed by atoms with van der Waals surface area (Å²) < 4.78 is 0. The van der Waals surface area contributed by atoms with E-state index in [1.807, 2.05) is 22.8 Å². The van der Waals surface area contributed by atoms with Crippen LogP contribution in [0.4, 0.5) is 4.79 Å². The lowest BCUT2D eigenvalue weighted by atomic mass is 9.85. The summed E-state index contributed by atoms with van der Waals surface area (Å²) in [4.78, 5) is 27.9. The molecule has 4 rings (SSSR count). The standard InChI is InChI=1S/C22H29N3O3/c1-2-24(14-21(26)27)20-12-17(13-20)23-22(28)25-18-8-9-19(25)11-16(10-18)15-6-4-3-5-7-15/h3-7,10,17-20H,2,8-9,11-14H2,1H3,(H,23,28)(H,26,27). The van der Waals surface area contributed by atoms with E-state index in [9.17, 15) is 9.59 Å². The molecule has 1 saturated heterocycles. The van der Waals surface area contributed by atoms with Crippen molar-refractivity contribution in [2.24, 2.45) is 0 Å². The van der Waals surface area contributed by atoms with Crippen molar-refractivity contribution < 1.29 is 14.7 Å². The molecule has 2 amide bonds. The van der Waals surface area contributed by atoms with Crippen molar-refractivity contribution in [2.45, 2.75) is 63.2 Å². The lowest BCUT2D eigenvalue weighted by molar-refractivity contribution is -0.139. The van der Waals surface area contributed by atoms with E-state index in [0.717, 1.165) is 38.6 Å². The lowest BCUT2D eigenvalue weighted by Crippen LogP contribution is -2.58. The van der Waals surface area contributed by atoms with Gasteiger partial charge in [0.15, 0.2) is 0 Å². The minimum Gasteiger partial charge on any atom is -0.480 e. The van der Waals surface area contributed by atoms with E-state index in [1.54, 1.807) is 0 Å². The number of nitrogens with one attached hydrogen (secondary N) is 1. The third kappa shape index (κ3) is 3.78. The van der Waals surface area contributed by atoms with Gasteiger partial charge in [-0.05, 0) is 49.8 Å². The zero-order valence-electron chi connectivity index (χ0n) is 16.4. The van der Waals surface area contributed by atoms with Gasteiger partial charge < -0.3 is 15.3 Å². The SMILES string of the molecule is CCN(CC(=O)O)C1CC(NC(=O)N2C3C=C(c4ccccc4)CC2CC3)C1. The van der Waals surface area contributed by atoms with Crippen LogP contribution in [0.5, 0.6) is 0 Å². The highest BCUT2D eigenvalue weighted by Crippen LogP contribution is 2.38. The zero-order chi connectivity index (χ0) is 19.7. The van der Waals surface area contributed by atoms with Crippen LogP contribution in [-0.4, -0.2) is 64.2 Å². The highest BCUT2D eigenvalue weighted by atomic mass is 16.4. The molecule has 2 atom stereocenters. The molecule has 150 valence electrons. The van der Waals surface area contributed by atoms with E-state index in [-0.39, 0.29) is 36.7 Å². The Morgan fingerprint density at radius 2 is 1.96 bits per heavy atom. The molecule has 2 unspecified atom stereocenters. The Labute approximate surface area is 166 Å². The smallest absolute Gasteiger partial charge is 0.318 e. The first-order chi connectivity index (χ1) is 13.5. The number of amides is 2. The van der Waals surface area contributed by atoms with Crippen molar-refractivity contribution in [3.8, 4) is 0 Å². The predicted molar refractivity (Wildman–Crippen MR) is 108 cm³/mol. The number of hydrogen-bond donors (Lipinski definition) is 2. The van der Waals surface area contributed by atoms with Gasteiger partial charge in [0, 0.05) is 18.1 Å². The molecule has 2 heterocycles. The number of aliphatic carboxylic acids is 1. The van der Waals surface area contributed by atoms with Gasteiger partial charge in [0.05, 0.1) is 12.6 Å². The van der Waals surface area contributed by atoms with E-state index in [1.165, 1.54) is 11.1 Å². The minimum atomic E-state index is -0.791. The van der Waals surface area contributed by atoms with Gasteiger partial charge >= 0.3 is 12.0 Å². The molecule has 2 N–H and O–H groups in total. The molecule has 28 heavy (non-hydrogen) atoms. The molecule has 2 aliphatic heterocycles. The monoisotopic (exact) mass is 383 g/mol. The van der Waals surface area contributed by atoms with E-state index in [0.29, 0.717) is 0 Å². The maximum atomic E-state index is 12.9. The Morgan fingerprint density at radius 3 is 2.61 bits per heavy atom.